The van der Waals surface area contributed by atoms with Crippen LogP contribution in [0, 0.1) is 0 Å². The number of rotatable bonds is 5. The molecule has 0 aliphatic carbocycles. The first kappa shape index (κ1) is 16.0. The molecular formula is C17H16N2O2S2. The van der Waals surface area contributed by atoms with Crippen LogP contribution in [-0.2, 0) is 9.53 Å². The molecule has 1 aromatic carbocycles. The molecule has 0 bridgehead atoms. The summed E-state index contributed by atoms with van der Waals surface area (Å²) in [6, 6.07) is 12.3. The summed E-state index contributed by atoms with van der Waals surface area (Å²) in [5, 5.41) is 1.50. The van der Waals surface area contributed by atoms with Crippen LogP contribution in [-0.4, -0.2) is 27.8 Å². The van der Waals surface area contributed by atoms with Gasteiger partial charge in [0.2, 0.25) is 0 Å². The van der Waals surface area contributed by atoms with Crippen LogP contribution in [0.3, 0.4) is 0 Å². The van der Waals surface area contributed by atoms with Crippen molar-refractivity contribution in [1.82, 2.24) is 9.97 Å². The van der Waals surface area contributed by atoms with Gasteiger partial charge in [0.05, 0.1) is 6.61 Å². The third-order valence-corrected chi connectivity index (χ3v) is 5.44. The summed E-state index contributed by atoms with van der Waals surface area (Å²) in [4.78, 5) is 22.6. The molecule has 0 fully saturated rings. The van der Waals surface area contributed by atoms with Gasteiger partial charge in [-0.15, -0.1) is 11.3 Å². The van der Waals surface area contributed by atoms with Crippen LogP contribution in [0.1, 0.15) is 13.8 Å². The molecule has 3 rings (SSSR count). The van der Waals surface area contributed by atoms with Gasteiger partial charge in [0.1, 0.15) is 21.4 Å². The van der Waals surface area contributed by atoms with Gasteiger partial charge in [-0.3, -0.25) is 4.79 Å². The van der Waals surface area contributed by atoms with Crippen molar-refractivity contribution in [2.45, 2.75) is 24.1 Å². The van der Waals surface area contributed by atoms with Gasteiger partial charge in [0.15, 0.2) is 0 Å². The zero-order chi connectivity index (χ0) is 16.2. The molecule has 0 aliphatic heterocycles. The lowest BCUT2D eigenvalue weighted by atomic mass is 10.2. The maximum absolute atomic E-state index is 11.8. The maximum atomic E-state index is 11.8. The molecule has 0 saturated heterocycles. The molecule has 118 valence electrons. The van der Waals surface area contributed by atoms with Crippen molar-refractivity contribution in [3.63, 3.8) is 0 Å². The van der Waals surface area contributed by atoms with Crippen molar-refractivity contribution in [2.24, 2.45) is 0 Å². The Hall–Kier alpha value is -1.92. The highest BCUT2D eigenvalue weighted by Gasteiger charge is 2.19. The van der Waals surface area contributed by atoms with Gasteiger partial charge in [-0.1, -0.05) is 42.1 Å². The van der Waals surface area contributed by atoms with Crippen molar-refractivity contribution in [3.05, 3.63) is 42.7 Å². The molecule has 2 aromatic heterocycles. The minimum Gasteiger partial charge on any atom is -0.465 e. The molecule has 6 heteroatoms. The van der Waals surface area contributed by atoms with Crippen LogP contribution in [0.15, 0.2) is 47.8 Å². The van der Waals surface area contributed by atoms with E-state index in [0.717, 1.165) is 25.7 Å². The Balaban J connectivity index is 1.93. The van der Waals surface area contributed by atoms with Crippen LogP contribution in [0.2, 0.25) is 0 Å². The predicted octanol–water partition coefficient (Wildman–Crippen LogP) is 4.40. The summed E-state index contributed by atoms with van der Waals surface area (Å²) in [6.07, 6.45) is 1.55. The quantitative estimate of drug-likeness (QED) is 0.390. The first-order valence-corrected chi connectivity index (χ1v) is 9.02. The van der Waals surface area contributed by atoms with Crippen LogP contribution >= 0.6 is 23.1 Å². The molecule has 0 spiro atoms. The van der Waals surface area contributed by atoms with Gasteiger partial charge in [0, 0.05) is 10.3 Å². The average molecular weight is 344 g/mol. The lowest BCUT2D eigenvalue weighted by molar-refractivity contribution is -0.142. The Labute approximate surface area is 142 Å². The van der Waals surface area contributed by atoms with E-state index in [-0.39, 0.29) is 11.2 Å². The van der Waals surface area contributed by atoms with E-state index < -0.39 is 0 Å². The number of thioether (sulfide) groups is 1. The van der Waals surface area contributed by atoms with E-state index in [9.17, 15) is 4.79 Å². The molecule has 0 N–H and O–H groups in total. The molecular weight excluding hydrogens is 328 g/mol. The molecule has 0 radical (unpaired) electrons. The fourth-order valence-electron chi connectivity index (χ4n) is 2.15. The van der Waals surface area contributed by atoms with Crippen molar-refractivity contribution in [2.75, 3.05) is 6.61 Å². The van der Waals surface area contributed by atoms with Crippen molar-refractivity contribution in [3.8, 4) is 10.4 Å². The van der Waals surface area contributed by atoms with Gasteiger partial charge in [-0.25, -0.2) is 9.97 Å². The number of esters is 1. The van der Waals surface area contributed by atoms with Crippen LogP contribution in [0.4, 0.5) is 0 Å². The molecule has 0 aliphatic rings. The summed E-state index contributed by atoms with van der Waals surface area (Å²) >= 11 is 3.04. The predicted molar refractivity (Wildman–Crippen MR) is 94.8 cm³/mol. The minimum atomic E-state index is -0.298. The Bertz CT molecular complexity index is 818. The third kappa shape index (κ3) is 3.54. The zero-order valence-corrected chi connectivity index (χ0v) is 14.5. The second kappa shape index (κ2) is 7.10. The number of carbonyl (C=O) groups is 1. The van der Waals surface area contributed by atoms with Crippen LogP contribution < -0.4 is 0 Å². The third-order valence-electron chi connectivity index (χ3n) is 3.26. The Kier molecular flexibility index (Phi) is 4.93. The SMILES string of the molecule is CCOC(=O)C(C)Sc1ncnc2sc(-c3ccccc3)cc12. The number of benzene rings is 1. The van der Waals surface area contributed by atoms with E-state index in [1.807, 2.05) is 32.0 Å². The number of thiophene rings is 1. The lowest BCUT2D eigenvalue weighted by Crippen LogP contribution is -2.16. The highest BCUT2D eigenvalue weighted by Crippen LogP contribution is 2.37. The van der Waals surface area contributed by atoms with E-state index in [4.69, 9.17) is 4.74 Å². The number of aromatic nitrogens is 2. The number of ether oxygens (including phenoxy) is 1. The first-order valence-electron chi connectivity index (χ1n) is 7.32. The largest absolute Gasteiger partial charge is 0.465 e. The van der Waals surface area contributed by atoms with E-state index in [1.54, 1.807) is 17.7 Å². The summed E-state index contributed by atoms with van der Waals surface area (Å²) < 4.78 is 5.06. The van der Waals surface area contributed by atoms with Gasteiger partial charge in [-0.05, 0) is 25.5 Å². The minimum absolute atomic E-state index is 0.220. The molecule has 2 heterocycles. The highest BCUT2D eigenvalue weighted by molar-refractivity contribution is 8.00. The van der Waals surface area contributed by atoms with E-state index in [2.05, 4.69) is 28.2 Å². The number of hydrogen-bond donors (Lipinski definition) is 0. The topological polar surface area (TPSA) is 52.1 Å². The average Bonchev–Trinajstić information content (AvgIpc) is 3.01. The van der Waals surface area contributed by atoms with Gasteiger partial charge in [0.25, 0.3) is 0 Å². The second-order valence-corrected chi connectivity index (χ2v) is 7.25. The fourth-order valence-corrected chi connectivity index (χ4v) is 4.11. The highest BCUT2D eigenvalue weighted by atomic mass is 32.2. The van der Waals surface area contributed by atoms with Gasteiger partial charge >= 0.3 is 5.97 Å². The fraction of sp³-hybridized carbons (Fsp3) is 0.235. The van der Waals surface area contributed by atoms with Gasteiger partial charge < -0.3 is 4.74 Å². The summed E-state index contributed by atoms with van der Waals surface area (Å²) in [5.41, 5.74) is 1.16. The Morgan fingerprint density at radius 2 is 2.09 bits per heavy atom. The standard InChI is InChI=1S/C17H16N2O2S2/c1-3-21-17(20)11(2)22-15-13-9-14(12-7-5-4-6-8-12)23-16(13)19-10-18-15/h4-11H,3H2,1-2H3. The normalized spacial score (nSPS) is 12.3. The van der Waals surface area contributed by atoms with Crippen LogP contribution in [0.25, 0.3) is 20.7 Å². The van der Waals surface area contributed by atoms with Crippen molar-refractivity contribution in [1.29, 1.82) is 0 Å². The summed E-state index contributed by atoms with van der Waals surface area (Å²) in [5.74, 6) is -0.220. The zero-order valence-electron chi connectivity index (χ0n) is 12.9. The lowest BCUT2D eigenvalue weighted by Gasteiger charge is -2.09. The Morgan fingerprint density at radius 3 is 2.83 bits per heavy atom. The van der Waals surface area contributed by atoms with Crippen LogP contribution in [0.5, 0.6) is 0 Å². The van der Waals surface area contributed by atoms with Crippen molar-refractivity contribution >= 4 is 39.3 Å². The number of hydrogen-bond acceptors (Lipinski definition) is 6. The van der Waals surface area contributed by atoms with Gasteiger partial charge in [-0.2, -0.15) is 0 Å². The monoisotopic (exact) mass is 344 g/mol. The number of carbonyl (C=O) groups excluding carboxylic acids is 1. The second-order valence-electron chi connectivity index (χ2n) is 4.89. The molecule has 23 heavy (non-hydrogen) atoms. The number of nitrogens with zero attached hydrogens (tertiary/aromatic N) is 2. The maximum Gasteiger partial charge on any atom is 0.319 e. The summed E-state index contributed by atoms with van der Waals surface area (Å²) in [6.45, 7) is 4.03. The molecule has 4 nitrogen and oxygen atoms in total. The molecule has 1 unspecified atom stereocenters. The molecule has 0 saturated carbocycles. The van der Waals surface area contributed by atoms with E-state index in [0.29, 0.717) is 6.61 Å². The first-order chi connectivity index (χ1) is 11.2. The number of fused-ring (bicyclic) bond motifs is 1. The van der Waals surface area contributed by atoms with E-state index >= 15 is 0 Å². The Morgan fingerprint density at radius 1 is 1.30 bits per heavy atom. The molecule has 1 atom stereocenters. The smallest absolute Gasteiger partial charge is 0.319 e. The van der Waals surface area contributed by atoms with E-state index in [1.165, 1.54) is 11.8 Å². The molecule has 3 aromatic rings. The van der Waals surface area contributed by atoms with Crippen molar-refractivity contribution < 1.29 is 9.53 Å². The molecule has 0 amide bonds. The summed E-state index contributed by atoms with van der Waals surface area (Å²) in [7, 11) is 0.